The second-order valence-electron chi connectivity index (χ2n) is 7.94. The van der Waals surface area contributed by atoms with E-state index in [9.17, 15) is 9.90 Å². The summed E-state index contributed by atoms with van der Waals surface area (Å²) in [6.45, 7) is 4.48. The molecule has 0 aliphatic carbocycles. The van der Waals surface area contributed by atoms with Gasteiger partial charge in [-0.05, 0) is 17.7 Å². The van der Waals surface area contributed by atoms with Crippen molar-refractivity contribution < 1.29 is 14.3 Å². The molecular weight excluding hydrogens is 446 g/mol. The fourth-order valence-corrected chi connectivity index (χ4v) is 3.96. The average molecular weight is 470 g/mol. The molecule has 4 aromatic rings. The molecule has 0 unspecified atom stereocenters. The predicted molar refractivity (Wildman–Crippen MR) is 130 cm³/mol. The molecule has 1 atom stereocenters. The predicted octanol–water partition coefficient (Wildman–Crippen LogP) is 3.56. The Kier molecular flexibility index (Phi) is 6.18. The molecule has 3 N–H and O–H groups in total. The van der Waals surface area contributed by atoms with Crippen LogP contribution in [0.4, 0.5) is 17.3 Å². The number of nitrogens with one attached hydrogen (secondary N) is 2. The molecule has 0 spiro atoms. The maximum atomic E-state index is 12.5. The van der Waals surface area contributed by atoms with Gasteiger partial charge in [0.1, 0.15) is 11.6 Å². The number of anilines is 3. The van der Waals surface area contributed by atoms with Gasteiger partial charge in [-0.2, -0.15) is 0 Å². The summed E-state index contributed by atoms with van der Waals surface area (Å²) in [4.78, 5) is 23.2. The molecule has 0 bridgehead atoms. The summed E-state index contributed by atoms with van der Waals surface area (Å²) in [6, 6.07) is 14.6. The van der Waals surface area contributed by atoms with Gasteiger partial charge in [0.25, 0.3) is 11.8 Å². The number of aromatic nitrogens is 4. The molecule has 1 aliphatic rings. The van der Waals surface area contributed by atoms with E-state index in [1.807, 2.05) is 30.3 Å². The van der Waals surface area contributed by atoms with Crippen LogP contribution in [0.25, 0.3) is 11.5 Å². The lowest BCUT2D eigenvalue weighted by atomic mass is 10.1. The van der Waals surface area contributed by atoms with E-state index in [0.29, 0.717) is 53.1 Å². The fourth-order valence-electron chi connectivity index (χ4n) is 3.96. The highest BCUT2D eigenvalue weighted by Crippen LogP contribution is 2.32. The first-order chi connectivity index (χ1) is 17.2. The molecule has 0 fully saturated rings. The van der Waals surface area contributed by atoms with Crippen LogP contribution in [-0.2, 0) is 6.54 Å². The number of pyridine rings is 2. The molecule has 0 saturated carbocycles. The Morgan fingerprint density at radius 3 is 2.77 bits per heavy atom. The first-order valence-electron chi connectivity index (χ1n) is 11.0. The van der Waals surface area contributed by atoms with Crippen LogP contribution in [-0.4, -0.2) is 49.2 Å². The van der Waals surface area contributed by atoms with Crippen molar-refractivity contribution >= 4 is 23.2 Å². The summed E-state index contributed by atoms with van der Waals surface area (Å²) in [7, 11) is 0. The van der Waals surface area contributed by atoms with Crippen LogP contribution >= 0.6 is 0 Å². The first-order valence-corrected chi connectivity index (χ1v) is 11.0. The van der Waals surface area contributed by atoms with E-state index >= 15 is 0 Å². The number of fused-ring (bicyclic) bond motifs is 1. The molecule has 10 heteroatoms. The van der Waals surface area contributed by atoms with Gasteiger partial charge in [0.2, 0.25) is 6.39 Å². The number of aliphatic hydroxyl groups excluding tert-OH is 1. The Morgan fingerprint density at radius 2 is 2.03 bits per heavy atom. The smallest absolute Gasteiger partial charge is 0.256 e. The second kappa shape index (κ2) is 9.74. The van der Waals surface area contributed by atoms with E-state index in [1.54, 1.807) is 35.4 Å². The van der Waals surface area contributed by atoms with Crippen LogP contribution in [0.2, 0.25) is 0 Å². The van der Waals surface area contributed by atoms with Crippen LogP contribution in [0, 0.1) is 0 Å². The van der Waals surface area contributed by atoms with Crippen molar-refractivity contribution in [1.29, 1.82) is 0 Å². The fraction of sp³-hybridized carbons (Fsp3) is 0.160. The van der Waals surface area contributed by atoms with Gasteiger partial charge in [-0.25, -0.2) is 9.97 Å². The Balaban J connectivity index is 1.44. The van der Waals surface area contributed by atoms with Crippen molar-refractivity contribution in [2.45, 2.75) is 12.6 Å². The SMILES string of the molecule is C=CCN1Cc2nc(Nc3cc(N[C@H](CO)c4ccccc4)c(-c4nnco4)cn3)ccc2C1=O. The van der Waals surface area contributed by atoms with Crippen LogP contribution in [0.5, 0.6) is 0 Å². The molecule has 35 heavy (non-hydrogen) atoms. The lowest BCUT2D eigenvalue weighted by Gasteiger charge is -2.20. The molecule has 176 valence electrons. The van der Waals surface area contributed by atoms with E-state index in [4.69, 9.17) is 4.42 Å². The standard InChI is InChI=1S/C25H23N7O3/c1-2-10-32-13-20-17(25(32)34)8-9-22(29-20)30-23-11-19(18(12-26-23)24-31-27-15-35-24)28-21(14-33)16-6-4-3-5-7-16/h2-9,11-12,15,21,33H,1,10,13-14H2,(H2,26,28,29,30)/t21-/m1/s1. The maximum absolute atomic E-state index is 12.5. The van der Waals surface area contributed by atoms with E-state index in [-0.39, 0.29) is 18.6 Å². The summed E-state index contributed by atoms with van der Waals surface area (Å²) < 4.78 is 5.39. The number of carbonyl (C=O) groups is 1. The minimum atomic E-state index is -0.368. The highest BCUT2D eigenvalue weighted by molar-refractivity contribution is 5.98. The quantitative estimate of drug-likeness (QED) is 0.315. The zero-order chi connectivity index (χ0) is 24.2. The van der Waals surface area contributed by atoms with Crippen LogP contribution in [0.3, 0.4) is 0 Å². The number of aliphatic hydroxyl groups is 1. The largest absolute Gasteiger partial charge is 0.423 e. The van der Waals surface area contributed by atoms with E-state index in [0.717, 1.165) is 5.56 Å². The molecule has 5 rings (SSSR count). The number of nitrogens with zero attached hydrogens (tertiary/aromatic N) is 5. The van der Waals surface area contributed by atoms with Crippen LogP contribution in [0.1, 0.15) is 27.7 Å². The second-order valence-corrected chi connectivity index (χ2v) is 7.94. The number of hydrogen-bond acceptors (Lipinski definition) is 9. The van der Waals surface area contributed by atoms with Crippen molar-refractivity contribution in [2.75, 3.05) is 23.8 Å². The van der Waals surface area contributed by atoms with Gasteiger partial charge in [0.15, 0.2) is 0 Å². The molecule has 3 aromatic heterocycles. The van der Waals surface area contributed by atoms with E-state index in [2.05, 4.69) is 37.4 Å². The molecule has 1 aliphatic heterocycles. The van der Waals surface area contributed by atoms with Crippen molar-refractivity contribution in [3.05, 3.63) is 90.6 Å². The molecular formula is C25H23N7O3. The van der Waals surface area contributed by atoms with Gasteiger partial charge >= 0.3 is 0 Å². The topological polar surface area (TPSA) is 129 Å². The summed E-state index contributed by atoms with van der Waals surface area (Å²) >= 11 is 0. The maximum Gasteiger partial charge on any atom is 0.256 e. The van der Waals surface area contributed by atoms with Gasteiger partial charge in [0, 0.05) is 18.8 Å². The third-order valence-corrected chi connectivity index (χ3v) is 5.65. The number of amides is 1. The van der Waals surface area contributed by atoms with E-state index < -0.39 is 0 Å². The Hall–Kier alpha value is -4.57. The lowest BCUT2D eigenvalue weighted by Crippen LogP contribution is -2.23. The van der Waals surface area contributed by atoms with Crippen LogP contribution < -0.4 is 10.6 Å². The Morgan fingerprint density at radius 1 is 1.17 bits per heavy atom. The van der Waals surface area contributed by atoms with Crippen molar-refractivity contribution in [1.82, 2.24) is 25.1 Å². The number of rotatable bonds is 9. The first kappa shape index (κ1) is 22.2. The third-order valence-electron chi connectivity index (χ3n) is 5.65. The monoisotopic (exact) mass is 469 g/mol. The number of benzene rings is 1. The highest BCUT2D eigenvalue weighted by atomic mass is 16.4. The summed E-state index contributed by atoms with van der Waals surface area (Å²) in [5.41, 5.74) is 3.45. The molecule has 0 radical (unpaired) electrons. The minimum Gasteiger partial charge on any atom is -0.423 e. The van der Waals surface area contributed by atoms with Gasteiger partial charge in [-0.15, -0.1) is 16.8 Å². The normalized spacial score (nSPS) is 13.4. The zero-order valence-corrected chi connectivity index (χ0v) is 18.8. The van der Waals surface area contributed by atoms with Crippen molar-refractivity contribution in [3.63, 3.8) is 0 Å². The summed E-state index contributed by atoms with van der Waals surface area (Å²) in [5, 5.41) is 24.4. The number of carbonyl (C=O) groups excluding carboxylic acids is 1. The van der Waals surface area contributed by atoms with Crippen molar-refractivity contribution in [3.8, 4) is 11.5 Å². The summed E-state index contributed by atoms with van der Waals surface area (Å²) in [6.07, 6.45) is 4.55. The van der Waals surface area contributed by atoms with Gasteiger partial charge in [-0.3, -0.25) is 4.79 Å². The molecule has 1 aromatic carbocycles. The van der Waals surface area contributed by atoms with Gasteiger partial charge < -0.3 is 25.1 Å². The van der Waals surface area contributed by atoms with Gasteiger partial charge in [-0.1, -0.05) is 36.4 Å². The Labute approximate surface area is 201 Å². The minimum absolute atomic E-state index is 0.0524. The number of hydrogen-bond donors (Lipinski definition) is 3. The molecule has 0 saturated heterocycles. The molecule has 10 nitrogen and oxygen atoms in total. The summed E-state index contributed by atoms with van der Waals surface area (Å²) in [5.74, 6) is 1.32. The van der Waals surface area contributed by atoms with Gasteiger partial charge in [0.05, 0.1) is 41.7 Å². The van der Waals surface area contributed by atoms with Crippen LogP contribution in [0.15, 0.2) is 78.2 Å². The molecule has 4 heterocycles. The van der Waals surface area contributed by atoms with Crippen molar-refractivity contribution in [2.24, 2.45) is 0 Å². The Bertz CT molecular complexity index is 1340. The molecule has 1 amide bonds. The average Bonchev–Trinajstić information content (AvgIpc) is 3.52. The lowest BCUT2D eigenvalue weighted by molar-refractivity contribution is 0.0796. The zero-order valence-electron chi connectivity index (χ0n) is 18.8. The van der Waals surface area contributed by atoms with E-state index in [1.165, 1.54) is 6.39 Å². The highest BCUT2D eigenvalue weighted by Gasteiger charge is 2.28. The third kappa shape index (κ3) is 4.59.